The van der Waals surface area contributed by atoms with E-state index in [1.807, 2.05) is 30.3 Å². The number of methoxy groups -OCH3 is 1. The average Bonchev–Trinajstić information content (AvgIpc) is 3.17. The molecule has 2 aromatic rings. The zero-order valence-corrected chi connectivity index (χ0v) is 16.0. The molecule has 0 amide bonds. The highest BCUT2D eigenvalue weighted by Gasteiger charge is 2.12. The standard InChI is InChI=1S/C21H27N3O3/c1-3-22-21(23-11-5-7-16-6-4-8-18(12-16)25-2)24-14-17-9-10-19-20(13-17)27-15-26-19/h4,6,8-10,12-13H,3,5,7,11,14-15H2,1-2H3,(H2,22,23,24). The van der Waals surface area contributed by atoms with Gasteiger partial charge >= 0.3 is 0 Å². The molecule has 0 aliphatic carbocycles. The molecule has 0 bridgehead atoms. The third kappa shape index (κ3) is 5.54. The van der Waals surface area contributed by atoms with Crippen LogP contribution in [-0.4, -0.2) is 33.0 Å². The molecule has 1 heterocycles. The highest BCUT2D eigenvalue weighted by Crippen LogP contribution is 2.32. The van der Waals surface area contributed by atoms with Crippen LogP contribution < -0.4 is 24.8 Å². The number of hydrogen-bond donors (Lipinski definition) is 2. The molecule has 0 radical (unpaired) electrons. The summed E-state index contributed by atoms with van der Waals surface area (Å²) in [5.74, 6) is 3.31. The van der Waals surface area contributed by atoms with Crippen LogP contribution in [0.15, 0.2) is 47.5 Å². The molecule has 1 aliphatic rings. The van der Waals surface area contributed by atoms with Crippen LogP contribution in [0.1, 0.15) is 24.5 Å². The van der Waals surface area contributed by atoms with E-state index in [2.05, 4.69) is 34.7 Å². The van der Waals surface area contributed by atoms with Gasteiger partial charge in [0.1, 0.15) is 5.75 Å². The lowest BCUT2D eigenvalue weighted by Crippen LogP contribution is -2.37. The third-order valence-corrected chi connectivity index (χ3v) is 4.27. The van der Waals surface area contributed by atoms with Crippen LogP contribution in [0.4, 0.5) is 0 Å². The Balaban J connectivity index is 1.48. The number of guanidine groups is 1. The highest BCUT2D eigenvalue weighted by atomic mass is 16.7. The van der Waals surface area contributed by atoms with E-state index in [1.54, 1.807) is 7.11 Å². The van der Waals surface area contributed by atoms with Gasteiger partial charge in [-0.15, -0.1) is 0 Å². The summed E-state index contributed by atoms with van der Waals surface area (Å²) in [5.41, 5.74) is 2.37. The van der Waals surface area contributed by atoms with Crippen molar-refractivity contribution >= 4 is 5.96 Å². The van der Waals surface area contributed by atoms with Gasteiger partial charge in [0.2, 0.25) is 6.79 Å². The summed E-state index contributed by atoms with van der Waals surface area (Å²) in [5, 5.41) is 6.68. The van der Waals surface area contributed by atoms with E-state index in [0.717, 1.165) is 54.7 Å². The molecule has 0 spiro atoms. The molecule has 0 aromatic heterocycles. The fraction of sp³-hybridized carbons (Fsp3) is 0.381. The van der Waals surface area contributed by atoms with E-state index in [9.17, 15) is 0 Å². The number of rotatable bonds is 8. The predicted octanol–water partition coefficient (Wildman–Crippen LogP) is 3.11. The van der Waals surface area contributed by atoms with Crippen LogP contribution in [0.2, 0.25) is 0 Å². The summed E-state index contributed by atoms with van der Waals surface area (Å²) in [6, 6.07) is 14.1. The smallest absolute Gasteiger partial charge is 0.231 e. The molecule has 0 saturated heterocycles. The van der Waals surface area contributed by atoms with Crippen molar-refractivity contribution in [2.75, 3.05) is 27.0 Å². The minimum absolute atomic E-state index is 0.291. The summed E-state index contributed by atoms with van der Waals surface area (Å²) in [4.78, 5) is 4.66. The lowest BCUT2D eigenvalue weighted by atomic mass is 10.1. The Morgan fingerprint density at radius 2 is 1.96 bits per heavy atom. The minimum Gasteiger partial charge on any atom is -0.497 e. The number of hydrogen-bond acceptors (Lipinski definition) is 4. The van der Waals surface area contributed by atoms with Gasteiger partial charge in [-0.1, -0.05) is 18.2 Å². The van der Waals surface area contributed by atoms with E-state index in [1.165, 1.54) is 5.56 Å². The Kier molecular flexibility index (Phi) is 6.79. The largest absolute Gasteiger partial charge is 0.497 e. The van der Waals surface area contributed by atoms with Gasteiger partial charge in [-0.25, -0.2) is 4.99 Å². The van der Waals surface area contributed by atoms with Crippen molar-refractivity contribution in [3.8, 4) is 17.2 Å². The Hall–Kier alpha value is -2.89. The lowest BCUT2D eigenvalue weighted by Gasteiger charge is -2.11. The fourth-order valence-electron chi connectivity index (χ4n) is 2.88. The lowest BCUT2D eigenvalue weighted by molar-refractivity contribution is 0.174. The molecule has 2 N–H and O–H groups in total. The Bertz CT molecular complexity index is 777. The Morgan fingerprint density at radius 1 is 1.07 bits per heavy atom. The monoisotopic (exact) mass is 369 g/mol. The zero-order chi connectivity index (χ0) is 18.9. The van der Waals surface area contributed by atoms with Crippen LogP contribution >= 0.6 is 0 Å². The molecule has 1 aliphatic heterocycles. The summed E-state index contributed by atoms with van der Waals surface area (Å²) in [6.07, 6.45) is 2.01. The molecule has 0 unspecified atom stereocenters. The molecule has 27 heavy (non-hydrogen) atoms. The maximum atomic E-state index is 5.42. The Labute approximate surface area is 160 Å². The number of nitrogens with zero attached hydrogens (tertiary/aromatic N) is 1. The first-order chi connectivity index (χ1) is 13.3. The second kappa shape index (κ2) is 9.71. The molecule has 3 rings (SSSR count). The van der Waals surface area contributed by atoms with Crippen molar-refractivity contribution in [3.63, 3.8) is 0 Å². The second-order valence-corrected chi connectivity index (χ2v) is 6.26. The number of aliphatic imine (C=N–C) groups is 1. The molecular weight excluding hydrogens is 342 g/mol. The molecule has 0 fully saturated rings. The van der Waals surface area contributed by atoms with Gasteiger partial charge in [-0.3, -0.25) is 0 Å². The molecule has 6 heteroatoms. The van der Waals surface area contributed by atoms with E-state index < -0.39 is 0 Å². The Morgan fingerprint density at radius 3 is 2.81 bits per heavy atom. The SMILES string of the molecule is CCNC(=NCc1ccc2c(c1)OCO2)NCCCc1cccc(OC)c1. The summed E-state index contributed by atoms with van der Waals surface area (Å²) >= 11 is 0. The molecule has 2 aromatic carbocycles. The molecule has 144 valence electrons. The van der Waals surface area contributed by atoms with Crippen LogP contribution in [0.25, 0.3) is 0 Å². The van der Waals surface area contributed by atoms with Crippen molar-refractivity contribution in [1.82, 2.24) is 10.6 Å². The quantitative estimate of drug-likeness (QED) is 0.425. The maximum absolute atomic E-state index is 5.42. The summed E-state index contributed by atoms with van der Waals surface area (Å²) in [7, 11) is 1.69. The van der Waals surface area contributed by atoms with Gasteiger partial charge < -0.3 is 24.8 Å². The molecule has 0 atom stereocenters. The van der Waals surface area contributed by atoms with E-state index in [-0.39, 0.29) is 0 Å². The topological polar surface area (TPSA) is 64.1 Å². The highest BCUT2D eigenvalue weighted by molar-refractivity contribution is 5.79. The summed E-state index contributed by atoms with van der Waals surface area (Å²) in [6.45, 7) is 4.61. The summed E-state index contributed by atoms with van der Waals surface area (Å²) < 4.78 is 16.0. The molecule has 6 nitrogen and oxygen atoms in total. The second-order valence-electron chi connectivity index (χ2n) is 6.26. The number of aryl methyl sites for hydroxylation is 1. The van der Waals surface area contributed by atoms with Crippen molar-refractivity contribution in [3.05, 3.63) is 53.6 Å². The van der Waals surface area contributed by atoms with E-state index in [4.69, 9.17) is 14.2 Å². The molecule has 0 saturated carbocycles. The van der Waals surface area contributed by atoms with Gasteiger partial charge in [0, 0.05) is 13.1 Å². The predicted molar refractivity (Wildman–Crippen MR) is 107 cm³/mol. The number of fused-ring (bicyclic) bond motifs is 1. The van der Waals surface area contributed by atoms with Gasteiger partial charge in [0.15, 0.2) is 17.5 Å². The van der Waals surface area contributed by atoms with E-state index >= 15 is 0 Å². The molecular formula is C21H27N3O3. The van der Waals surface area contributed by atoms with Gasteiger partial charge in [0.05, 0.1) is 13.7 Å². The average molecular weight is 369 g/mol. The first-order valence-electron chi connectivity index (χ1n) is 9.32. The number of ether oxygens (including phenoxy) is 3. The van der Waals surface area contributed by atoms with Crippen LogP contribution in [0.3, 0.4) is 0 Å². The van der Waals surface area contributed by atoms with Crippen LogP contribution in [-0.2, 0) is 13.0 Å². The van der Waals surface area contributed by atoms with Crippen LogP contribution in [0.5, 0.6) is 17.2 Å². The number of nitrogens with one attached hydrogen (secondary N) is 2. The number of benzene rings is 2. The third-order valence-electron chi connectivity index (χ3n) is 4.27. The van der Waals surface area contributed by atoms with Crippen molar-refractivity contribution in [2.45, 2.75) is 26.3 Å². The van der Waals surface area contributed by atoms with Crippen LogP contribution in [0, 0.1) is 0 Å². The fourth-order valence-corrected chi connectivity index (χ4v) is 2.88. The zero-order valence-electron chi connectivity index (χ0n) is 16.0. The van der Waals surface area contributed by atoms with Gasteiger partial charge in [-0.2, -0.15) is 0 Å². The normalized spacial score (nSPS) is 12.7. The van der Waals surface area contributed by atoms with Crippen molar-refractivity contribution in [2.24, 2.45) is 4.99 Å². The minimum atomic E-state index is 0.291. The van der Waals surface area contributed by atoms with E-state index in [0.29, 0.717) is 13.3 Å². The maximum Gasteiger partial charge on any atom is 0.231 e. The van der Waals surface area contributed by atoms with Gasteiger partial charge in [0.25, 0.3) is 0 Å². The van der Waals surface area contributed by atoms with Gasteiger partial charge in [-0.05, 0) is 55.2 Å². The van der Waals surface area contributed by atoms with Crippen molar-refractivity contribution in [1.29, 1.82) is 0 Å². The van der Waals surface area contributed by atoms with Crippen molar-refractivity contribution < 1.29 is 14.2 Å². The first-order valence-corrected chi connectivity index (χ1v) is 9.32. The first kappa shape index (κ1) is 18.9.